The first-order chi connectivity index (χ1) is 13.2. The van der Waals surface area contributed by atoms with Crippen LogP contribution < -0.4 is 19.1 Å². The van der Waals surface area contributed by atoms with E-state index in [-0.39, 0.29) is 4.91 Å². The van der Waals surface area contributed by atoms with Crippen LogP contribution in [0.3, 0.4) is 0 Å². The van der Waals surface area contributed by atoms with E-state index < -0.39 is 15.9 Å². The van der Waals surface area contributed by atoms with Gasteiger partial charge in [-0.05, 0) is 37.1 Å². The molecule has 2 aromatic carbocycles. The van der Waals surface area contributed by atoms with Crippen molar-refractivity contribution < 1.29 is 22.7 Å². The lowest BCUT2D eigenvalue weighted by molar-refractivity contribution is -0.112. The van der Waals surface area contributed by atoms with Crippen molar-refractivity contribution in [2.45, 2.75) is 13.8 Å². The highest BCUT2D eigenvalue weighted by Gasteiger charge is 2.38. The summed E-state index contributed by atoms with van der Waals surface area (Å²) in [5.74, 6) is 0.176. The lowest BCUT2D eigenvalue weighted by atomic mass is 10.0. The zero-order chi connectivity index (χ0) is 20.6. The van der Waals surface area contributed by atoms with Crippen molar-refractivity contribution in [2.75, 3.05) is 30.9 Å². The molecule has 0 atom stereocenters. The van der Waals surface area contributed by atoms with Crippen LogP contribution in [-0.2, 0) is 14.8 Å². The Hall–Kier alpha value is -3.00. The molecule has 0 saturated carbocycles. The number of allylic oxidation sites excluding steroid dienone is 1. The van der Waals surface area contributed by atoms with Crippen LogP contribution in [0.1, 0.15) is 18.1 Å². The molecule has 0 unspecified atom stereocenters. The number of methoxy groups -OCH3 is 2. The highest BCUT2D eigenvalue weighted by atomic mass is 32.2. The first-order valence-electron chi connectivity index (χ1n) is 8.55. The van der Waals surface area contributed by atoms with Crippen molar-refractivity contribution in [1.82, 2.24) is 0 Å². The van der Waals surface area contributed by atoms with Crippen LogP contribution in [-0.4, -0.2) is 35.6 Å². The highest BCUT2D eigenvalue weighted by Crippen LogP contribution is 2.44. The van der Waals surface area contributed by atoms with Gasteiger partial charge in [-0.15, -0.1) is 0 Å². The number of aryl methyl sites for hydroxylation is 1. The summed E-state index contributed by atoms with van der Waals surface area (Å²) in [6.45, 7) is 3.45. The second-order valence-corrected chi connectivity index (χ2v) is 8.33. The van der Waals surface area contributed by atoms with Gasteiger partial charge in [-0.1, -0.05) is 18.2 Å². The van der Waals surface area contributed by atoms with Gasteiger partial charge >= 0.3 is 0 Å². The largest absolute Gasteiger partial charge is 0.493 e. The van der Waals surface area contributed by atoms with Gasteiger partial charge in [0.1, 0.15) is 0 Å². The Bertz CT molecular complexity index is 1090. The normalized spacial score (nSPS) is 15.1. The number of para-hydroxylation sites is 1. The second kappa shape index (κ2) is 7.20. The molecule has 1 N–H and O–H groups in total. The zero-order valence-electron chi connectivity index (χ0n) is 16.4. The summed E-state index contributed by atoms with van der Waals surface area (Å²) in [5.41, 5.74) is 2.75. The fourth-order valence-electron chi connectivity index (χ4n) is 3.19. The van der Waals surface area contributed by atoms with Gasteiger partial charge in [0, 0.05) is 24.4 Å². The number of fused-ring (bicyclic) bond motifs is 1. The van der Waals surface area contributed by atoms with Gasteiger partial charge < -0.3 is 14.8 Å². The number of nitrogens with one attached hydrogen (secondary N) is 1. The number of hydrogen-bond donors (Lipinski definition) is 1. The number of ether oxygens (including phenoxy) is 2. The van der Waals surface area contributed by atoms with E-state index in [1.165, 1.54) is 21.3 Å². The van der Waals surface area contributed by atoms with E-state index in [0.29, 0.717) is 34.0 Å². The molecule has 0 radical (unpaired) electrons. The maximum Gasteiger partial charge on any atom is 0.269 e. The van der Waals surface area contributed by atoms with Crippen LogP contribution in [0.4, 0.5) is 11.4 Å². The maximum absolute atomic E-state index is 13.1. The minimum Gasteiger partial charge on any atom is -0.493 e. The molecule has 0 aliphatic carbocycles. The number of nitrogens with zero attached hydrogens (tertiary/aromatic N) is 1. The maximum atomic E-state index is 13.1. The summed E-state index contributed by atoms with van der Waals surface area (Å²) in [4.78, 5) is 12.7. The fourth-order valence-corrected chi connectivity index (χ4v) is 4.66. The average molecular weight is 402 g/mol. The van der Waals surface area contributed by atoms with Gasteiger partial charge in [0.2, 0.25) is 0 Å². The van der Waals surface area contributed by atoms with E-state index in [9.17, 15) is 13.2 Å². The third-order valence-corrected chi connectivity index (χ3v) is 6.73. The van der Waals surface area contributed by atoms with Gasteiger partial charge in [-0.25, -0.2) is 8.42 Å². The monoisotopic (exact) mass is 402 g/mol. The summed E-state index contributed by atoms with van der Waals surface area (Å²) in [6.07, 6.45) is 0. The van der Waals surface area contributed by atoms with Crippen LogP contribution in [0.25, 0.3) is 5.57 Å². The van der Waals surface area contributed by atoms with Gasteiger partial charge in [0.05, 0.1) is 19.9 Å². The van der Waals surface area contributed by atoms with E-state index in [2.05, 4.69) is 5.32 Å². The van der Waals surface area contributed by atoms with Crippen molar-refractivity contribution in [1.29, 1.82) is 0 Å². The molecule has 8 heteroatoms. The standard InChI is InChI=1S/C20H22N2O5S/c1-12-8-6-7-9-15(12)21-20(23)19-13(2)14-10-17(26-4)18(27-5)11-16(14)22(3)28(19,24)25/h6-11H,1-5H3,(H,21,23). The number of benzene rings is 2. The minimum atomic E-state index is -4.04. The number of hydrogen-bond acceptors (Lipinski definition) is 5. The number of rotatable bonds is 4. The van der Waals surface area contributed by atoms with Crippen molar-refractivity contribution >= 4 is 32.9 Å². The molecule has 1 aliphatic heterocycles. The Labute approximate surface area is 164 Å². The lowest BCUT2D eigenvalue weighted by Crippen LogP contribution is -2.36. The Balaban J connectivity index is 2.17. The molecule has 148 valence electrons. The zero-order valence-corrected chi connectivity index (χ0v) is 17.2. The number of sulfonamides is 1. The van der Waals surface area contributed by atoms with E-state index in [1.807, 2.05) is 19.1 Å². The molecule has 3 rings (SSSR count). The van der Waals surface area contributed by atoms with Gasteiger partial charge in [-0.2, -0.15) is 0 Å². The van der Waals surface area contributed by atoms with Crippen LogP contribution in [0, 0.1) is 6.92 Å². The Morgan fingerprint density at radius 3 is 2.25 bits per heavy atom. The summed E-state index contributed by atoms with van der Waals surface area (Å²) >= 11 is 0. The molecule has 1 heterocycles. The number of amides is 1. The van der Waals surface area contributed by atoms with Gasteiger partial charge in [-0.3, -0.25) is 9.10 Å². The molecule has 1 aliphatic rings. The Morgan fingerprint density at radius 2 is 1.64 bits per heavy atom. The minimum absolute atomic E-state index is 0.294. The molecular formula is C20H22N2O5S. The molecule has 0 spiro atoms. The summed E-state index contributed by atoms with van der Waals surface area (Å²) in [7, 11) is 0.349. The van der Waals surface area contributed by atoms with Crippen molar-refractivity contribution in [3.05, 3.63) is 52.4 Å². The van der Waals surface area contributed by atoms with Gasteiger partial charge in [0.25, 0.3) is 15.9 Å². The first-order valence-corrected chi connectivity index (χ1v) is 9.99. The van der Waals surface area contributed by atoms with E-state index in [1.54, 1.807) is 31.2 Å². The summed E-state index contributed by atoms with van der Waals surface area (Å²) in [5, 5.41) is 2.71. The molecule has 7 nitrogen and oxygen atoms in total. The van der Waals surface area contributed by atoms with Crippen molar-refractivity contribution in [3.8, 4) is 11.5 Å². The van der Waals surface area contributed by atoms with Crippen molar-refractivity contribution in [3.63, 3.8) is 0 Å². The van der Waals surface area contributed by atoms with Crippen molar-refractivity contribution in [2.24, 2.45) is 0 Å². The van der Waals surface area contributed by atoms with E-state index in [4.69, 9.17) is 9.47 Å². The fraction of sp³-hybridized carbons (Fsp3) is 0.250. The molecule has 0 fully saturated rings. The van der Waals surface area contributed by atoms with Gasteiger partial charge in [0.15, 0.2) is 16.4 Å². The average Bonchev–Trinajstić information content (AvgIpc) is 2.67. The van der Waals surface area contributed by atoms with E-state index >= 15 is 0 Å². The molecule has 2 aromatic rings. The molecular weight excluding hydrogens is 380 g/mol. The number of carbonyl (C=O) groups is 1. The van der Waals surface area contributed by atoms with E-state index in [0.717, 1.165) is 9.87 Å². The van der Waals surface area contributed by atoms with Crippen LogP contribution in [0.5, 0.6) is 11.5 Å². The second-order valence-electron chi connectivity index (χ2n) is 6.42. The van der Waals surface area contributed by atoms with Crippen LogP contribution in [0.2, 0.25) is 0 Å². The first kappa shape index (κ1) is 19.8. The van der Waals surface area contributed by atoms with Crippen LogP contribution in [0.15, 0.2) is 41.3 Å². The smallest absolute Gasteiger partial charge is 0.269 e. The third kappa shape index (κ3) is 3.09. The predicted octanol–water partition coefficient (Wildman–Crippen LogP) is 3.16. The Morgan fingerprint density at radius 1 is 1.04 bits per heavy atom. The topological polar surface area (TPSA) is 84.9 Å². The quantitative estimate of drug-likeness (QED) is 0.849. The molecule has 28 heavy (non-hydrogen) atoms. The Kier molecular flexibility index (Phi) is 5.08. The highest BCUT2D eigenvalue weighted by molar-refractivity contribution is 7.97. The molecule has 0 aromatic heterocycles. The van der Waals surface area contributed by atoms with Crippen LogP contribution >= 0.6 is 0 Å². The number of carbonyl (C=O) groups excluding carboxylic acids is 1. The number of anilines is 2. The molecule has 0 saturated heterocycles. The SMILES string of the molecule is COc1cc2c(cc1OC)N(C)S(=O)(=O)C(C(=O)Nc1ccccc1C)=C2C. The molecule has 0 bridgehead atoms. The molecule has 1 amide bonds. The summed E-state index contributed by atoms with van der Waals surface area (Å²) < 4.78 is 37.9. The summed E-state index contributed by atoms with van der Waals surface area (Å²) in [6, 6.07) is 10.4. The third-order valence-electron chi connectivity index (χ3n) is 4.80. The lowest BCUT2D eigenvalue weighted by Gasteiger charge is -2.30. The predicted molar refractivity (Wildman–Crippen MR) is 109 cm³/mol.